The molecular formula is C11H15IN2O3. The van der Waals surface area contributed by atoms with Gasteiger partial charge in [0.25, 0.3) is 0 Å². The molecule has 1 rings (SSSR count). The Morgan fingerprint density at radius 1 is 1.53 bits per heavy atom. The van der Waals surface area contributed by atoms with E-state index in [2.05, 4.69) is 22.6 Å². The minimum absolute atomic E-state index is 0.125. The lowest BCUT2D eigenvalue weighted by atomic mass is 10.1. The number of rotatable bonds is 6. The van der Waals surface area contributed by atoms with Crippen molar-refractivity contribution in [3.63, 3.8) is 0 Å². The highest BCUT2D eigenvalue weighted by Crippen LogP contribution is 2.25. The number of carbonyl (C=O) groups excluding carboxylic acids is 1. The van der Waals surface area contributed by atoms with Gasteiger partial charge in [-0.25, -0.2) is 0 Å². The first-order chi connectivity index (χ1) is 8.04. The number of benzene rings is 1. The standard InChI is InChI=1S/C11H15IN2O3/c1-16-10-3-2-7(12)4-8(10)9(13)5-17-6-11(14)15/h2-4,9H,5-6,13H2,1H3,(H2,14,15). The highest BCUT2D eigenvalue weighted by Gasteiger charge is 2.13. The van der Waals surface area contributed by atoms with E-state index in [1.54, 1.807) is 7.11 Å². The van der Waals surface area contributed by atoms with E-state index in [0.29, 0.717) is 5.75 Å². The number of ether oxygens (including phenoxy) is 2. The number of amides is 1. The SMILES string of the molecule is COc1ccc(I)cc1C(N)COCC(N)=O. The molecule has 0 fully saturated rings. The quantitative estimate of drug-likeness (QED) is 0.743. The third kappa shape index (κ3) is 4.49. The minimum Gasteiger partial charge on any atom is -0.496 e. The van der Waals surface area contributed by atoms with Crippen LogP contribution < -0.4 is 16.2 Å². The first-order valence-corrected chi connectivity index (χ1v) is 6.07. The zero-order chi connectivity index (χ0) is 12.8. The average Bonchev–Trinajstić information content (AvgIpc) is 2.28. The van der Waals surface area contributed by atoms with Crippen LogP contribution in [0.2, 0.25) is 0 Å². The summed E-state index contributed by atoms with van der Waals surface area (Å²) < 4.78 is 11.4. The predicted octanol–water partition coefficient (Wildman–Crippen LogP) is 0.802. The zero-order valence-corrected chi connectivity index (χ0v) is 11.6. The highest BCUT2D eigenvalue weighted by molar-refractivity contribution is 14.1. The van der Waals surface area contributed by atoms with E-state index in [-0.39, 0.29) is 19.3 Å². The number of nitrogens with two attached hydrogens (primary N) is 2. The lowest BCUT2D eigenvalue weighted by molar-refractivity contribution is -0.122. The molecule has 1 aromatic carbocycles. The summed E-state index contributed by atoms with van der Waals surface area (Å²) in [6.07, 6.45) is 0. The van der Waals surface area contributed by atoms with Gasteiger partial charge in [0.15, 0.2) is 0 Å². The maximum Gasteiger partial charge on any atom is 0.243 e. The molecule has 0 aromatic heterocycles. The van der Waals surface area contributed by atoms with E-state index in [0.717, 1.165) is 9.13 Å². The van der Waals surface area contributed by atoms with E-state index in [4.69, 9.17) is 20.9 Å². The van der Waals surface area contributed by atoms with Crippen LogP contribution in [0, 0.1) is 3.57 Å². The van der Waals surface area contributed by atoms with Crippen LogP contribution in [0.1, 0.15) is 11.6 Å². The lowest BCUT2D eigenvalue weighted by Gasteiger charge is -2.15. The van der Waals surface area contributed by atoms with Crippen LogP contribution in [-0.2, 0) is 9.53 Å². The van der Waals surface area contributed by atoms with E-state index >= 15 is 0 Å². The number of methoxy groups -OCH3 is 1. The summed E-state index contributed by atoms with van der Waals surface area (Å²) in [4.78, 5) is 10.5. The first-order valence-electron chi connectivity index (χ1n) is 4.99. The van der Waals surface area contributed by atoms with Gasteiger partial charge in [-0.15, -0.1) is 0 Å². The molecule has 1 amide bonds. The Morgan fingerprint density at radius 2 is 2.24 bits per heavy atom. The van der Waals surface area contributed by atoms with Gasteiger partial charge in [0.1, 0.15) is 12.4 Å². The van der Waals surface area contributed by atoms with Crippen molar-refractivity contribution in [3.8, 4) is 5.75 Å². The second kappa shape index (κ2) is 6.77. The number of primary amides is 1. The Kier molecular flexibility index (Phi) is 5.66. The van der Waals surface area contributed by atoms with Gasteiger partial charge in [-0.2, -0.15) is 0 Å². The average molecular weight is 350 g/mol. The minimum atomic E-state index is -0.508. The number of carbonyl (C=O) groups is 1. The van der Waals surface area contributed by atoms with Gasteiger partial charge in [0.2, 0.25) is 5.91 Å². The van der Waals surface area contributed by atoms with E-state index < -0.39 is 5.91 Å². The van der Waals surface area contributed by atoms with Crippen LogP contribution >= 0.6 is 22.6 Å². The maximum atomic E-state index is 10.5. The summed E-state index contributed by atoms with van der Waals surface area (Å²) >= 11 is 2.19. The predicted molar refractivity (Wildman–Crippen MR) is 72.7 cm³/mol. The lowest BCUT2D eigenvalue weighted by Crippen LogP contribution is -2.23. The number of hydrogen-bond donors (Lipinski definition) is 2. The van der Waals surface area contributed by atoms with Gasteiger partial charge in [0, 0.05) is 9.13 Å². The molecule has 0 radical (unpaired) electrons. The zero-order valence-electron chi connectivity index (χ0n) is 9.48. The molecule has 1 unspecified atom stereocenters. The molecule has 94 valence electrons. The van der Waals surface area contributed by atoms with Crippen molar-refractivity contribution in [1.82, 2.24) is 0 Å². The molecule has 0 aliphatic carbocycles. The van der Waals surface area contributed by atoms with Crippen molar-refractivity contribution in [1.29, 1.82) is 0 Å². The molecule has 0 saturated heterocycles. The Morgan fingerprint density at radius 3 is 2.82 bits per heavy atom. The van der Waals surface area contributed by atoms with Crippen LogP contribution in [-0.4, -0.2) is 26.2 Å². The maximum absolute atomic E-state index is 10.5. The molecule has 4 N–H and O–H groups in total. The fourth-order valence-corrected chi connectivity index (χ4v) is 1.89. The second-order valence-electron chi connectivity index (χ2n) is 3.47. The summed E-state index contributed by atoms with van der Waals surface area (Å²) in [6, 6.07) is 5.36. The normalized spacial score (nSPS) is 12.2. The van der Waals surface area contributed by atoms with Crippen molar-refractivity contribution in [2.24, 2.45) is 11.5 Å². The molecule has 0 aliphatic heterocycles. The molecule has 6 heteroatoms. The summed E-state index contributed by atoms with van der Waals surface area (Å²) in [5.41, 5.74) is 11.8. The van der Waals surface area contributed by atoms with Crippen LogP contribution in [0.4, 0.5) is 0 Å². The summed E-state index contributed by atoms with van der Waals surface area (Å²) in [5, 5.41) is 0. The number of halogens is 1. The van der Waals surface area contributed by atoms with Gasteiger partial charge in [-0.3, -0.25) is 4.79 Å². The smallest absolute Gasteiger partial charge is 0.243 e. The second-order valence-corrected chi connectivity index (χ2v) is 4.72. The van der Waals surface area contributed by atoms with Gasteiger partial charge < -0.3 is 20.9 Å². The van der Waals surface area contributed by atoms with Gasteiger partial charge >= 0.3 is 0 Å². The van der Waals surface area contributed by atoms with Crippen LogP contribution in [0.5, 0.6) is 5.75 Å². The van der Waals surface area contributed by atoms with Crippen LogP contribution in [0.25, 0.3) is 0 Å². The molecular weight excluding hydrogens is 335 g/mol. The van der Waals surface area contributed by atoms with Gasteiger partial charge in [-0.1, -0.05) is 0 Å². The molecule has 0 saturated carbocycles. The van der Waals surface area contributed by atoms with Crippen molar-refractivity contribution >= 4 is 28.5 Å². The largest absolute Gasteiger partial charge is 0.496 e. The molecule has 0 aliphatic rings. The number of hydrogen-bond acceptors (Lipinski definition) is 4. The third-order valence-electron chi connectivity index (χ3n) is 2.13. The molecule has 5 nitrogen and oxygen atoms in total. The fourth-order valence-electron chi connectivity index (χ4n) is 1.37. The third-order valence-corrected chi connectivity index (χ3v) is 2.80. The Balaban J connectivity index is 2.69. The van der Waals surface area contributed by atoms with Crippen LogP contribution in [0.3, 0.4) is 0 Å². The topological polar surface area (TPSA) is 87.6 Å². The highest BCUT2D eigenvalue weighted by atomic mass is 127. The Hall–Kier alpha value is -0.860. The van der Waals surface area contributed by atoms with Crippen molar-refractivity contribution in [3.05, 3.63) is 27.3 Å². The summed E-state index contributed by atoms with van der Waals surface area (Å²) in [5.74, 6) is 0.201. The van der Waals surface area contributed by atoms with Gasteiger partial charge in [-0.05, 0) is 40.8 Å². The molecule has 0 heterocycles. The summed E-state index contributed by atoms with van der Waals surface area (Å²) in [7, 11) is 1.59. The van der Waals surface area contributed by atoms with E-state index in [1.165, 1.54) is 0 Å². The molecule has 0 spiro atoms. The molecule has 1 aromatic rings. The van der Waals surface area contributed by atoms with E-state index in [1.807, 2.05) is 18.2 Å². The monoisotopic (exact) mass is 350 g/mol. The van der Waals surface area contributed by atoms with Crippen molar-refractivity contribution in [2.45, 2.75) is 6.04 Å². The Labute approximate surface area is 114 Å². The van der Waals surface area contributed by atoms with Crippen LogP contribution in [0.15, 0.2) is 18.2 Å². The van der Waals surface area contributed by atoms with Crippen molar-refractivity contribution < 1.29 is 14.3 Å². The van der Waals surface area contributed by atoms with Gasteiger partial charge in [0.05, 0.1) is 19.8 Å². The van der Waals surface area contributed by atoms with E-state index in [9.17, 15) is 4.79 Å². The Bertz CT molecular complexity index is 398. The molecule has 17 heavy (non-hydrogen) atoms. The fraction of sp³-hybridized carbons (Fsp3) is 0.364. The first kappa shape index (κ1) is 14.2. The molecule has 0 bridgehead atoms. The summed E-state index contributed by atoms with van der Waals surface area (Å²) in [6.45, 7) is 0.0966. The van der Waals surface area contributed by atoms with Crippen molar-refractivity contribution in [2.75, 3.05) is 20.3 Å². The molecule has 1 atom stereocenters.